The van der Waals surface area contributed by atoms with Crippen LogP contribution in [0.2, 0.25) is 0 Å². The van der Waals surface area contributed by atoms with Crippen LogP contribution >= 0.6 is 12.2 Å². The summed E-state index contributed by atoms with van der Waals surface area (Å²) in [6.45, 7) is -0.194. The van der Waals surface area contributed by atoms with Gasteiger partial charge in [-0.3, -0.25) is 4.79 Å². The van der Waals surface area contributed by atoms with E-state index in [0.717, 1.165) is 11.6 Å². The van der Waals surface area contributed by atoms with Gasteiger partial charge in [-0.1, -0.05) is 30.3 Å². The second kappa shape index (κ2) is 7.40. The number of Topliss-reactive ketones (excluding diaryl/α,β-unsaturated/α-hetero) is 1. The molecule has 7 heteroatoms. The number of halogens is 1. The quantitative estimate of drug-likeness (QED) is 0.495. The van der Waals surface area contributed by atoms with Crippen molar-refractivity contribution in [3.8, 4) is 5.75 Å². The third-order valence-corrected chi connectivity index (χ3v) is 3.91. The van der Waals surface area contributed by atoms with E-state index in [9.17, 15) is 9.18 Å². The van der Waals surface area contributed by atoms with E-state index in [2.05, 4.69) is 5.10 Å². The van der Waals surface area contributed by atoms with Crippen molar-refractivity contribution >= 4 is 18.0 Å². The van der Waals surface area contributed by atoms with Gasteiger partial charge in [0.05, 0.1) is 19.1 Å². The lowest BCUT2D eigenvalue weighted by Gasteiger charge is -2.04. The lowest BCUT2D eigenvalue weighted by atomic mass is 10.1. The van der Waals surface area contributed by atoms with Crippen LogP contribution in [0, 0.1) is 10.7 Å². The van der Waals surface area contributed by atoms with E-state index < -0.39 is 11.6 Å². The number of rotatable bonds is 6. The van der Waals surface area contributed by atoms with Gasteiger partial charge in [0.15, 0.2) is 5.78 Å². The predicted molar refractivity (Wildman–Crippen MR) is 91.9 cm³/mol. The molecule has 0 saturated heterocycles. The minimum atomic E-state index is -0.649. The molecule has 3 rings (SSSR count). The van der Waals surface area contributed by atoms with Crippen LogP contribution in [0.5, 0.6) is 5.75 Å². The molecule has 25 heavy (non-hydrogen) atoms. The molecule has 0 N–H and O–H groups in total. The molecular formula is C18H15FN2O3S. The number of hydrogen-bond donors (Lipinski definition) is 0. The maximum absolute atomic E-state index is 14.0. The fourth-order valence-corrected chi connectivity index (χ4v) is 2.56. The van der Waals surface area contributed by atoms with Crippen LogP contribution in [0.15, 0.2) is 52.9 Å². The van der Waals surface area contributed by atoms with E-state index in [1.807, 2.05) is 30.3 Å². The summed E-state index contributed by atoms with van der Waals surface area (Å²) in [5, 5.41) is 4.21. The Hall–Kier alpha value is -2.80. The van der Waals surface area contributed by atoms with Gasteiger partial charge >= 0.3 is 0 Å². The van der Waals surface area contributed by atoms with E-state index in [1.54, 1.807) is 0 Å². The molecule has 0 aliphatic heterocycles. The molecule has 0 atom stereocenters. The van der Waals surface area contributed by atoms with Crippen molar-refractivity contribution in [3.63, 3.8) is 0 Å². The molecule has 128 valence electrons. The van der Waals surface area contributed by atoms with Crippen LogP contribution in [0.25, 0.3) is 0 Å². The van der Waals surface area contributed by atoms with Crippen molar-refractivity contribution in [2.24, 2.45) is 0 Å². The van der Waals surface area contributed by atoms with E-state index in [1.165, 1.54) is 23.9 Å². The van der Waals surface area contributed by atoms with Crippen LogP contribution < -0.4 is 4.74 Å². The second-order valence-electron chi connectivity index (χ2n) is 5.35. The van der Waals surface area contributed by atoms with Crippen molar-refractivity contribution < 1.29 is 18.3 Å². The summed E-state index contributed by atoms with van der Waals surface area (Å²) >= 11 is 5.10. The molecule has 1 heterocycles. The molecule has 0 bridgehead atoms. The van der Waals surface area contributed by atoms with E-state index in [-0.39, 0.29) is 16.9 Å². The van der Waals surface area contributed by atoms with Crippen molar-refractivity contribution in [2.45, 2.75) is 13.0 Å². The van der Waals surface area contributed by atoms with Gasteiger partial charge in [0, 0.05) is 6.07 Å². The maximum Gasteiger partial charge on any atom is 0.287 e. The SMILES string of the molecule is COc1ccc(C(=O)Cn2nc(Cc3ccccc3)oc2=S)c(F)c1. The number of aromatic nitrogens is 2. The predicted octanol–water partition coefficient (Wildman–Crippen LogP) is 3.83. The summed E-state index contributed by atoms with van der Waals surface area (Å²) in [7, 11) is 1.43. The summed E-state index contributed by atoms with van der Waals surface area (Å²) in [6.07, 6.45) is 0.461. The molecule has 1 aromatic heterocycles. The van der Waals surface area contributed by atoms with E-state index >= 15 is 0 Å². The van der Waals surface area contributed by atoms with Gasteiger partial charge in [-0.2, -0.15) is 0 Å². The first kappa shape index (κ1) is 17.0. The molecule has 0 unspecified atom stereocenters. The van der Waals surface area contributed by atoms with Gasteiger partial charge in [0.2, 0.25) is 5.89 Å². The first-order valence-electron chi connectivity index (χ1n) is 7.54. The number of carbonyl (C=O) groups is 1. The second-order valence-corrected chi connectivity index (χ2v) is 5.70. The number of hydrogen-bond acceptors (Lipinski definition) is 5. The molecule has 0 aliphatic carbocycles. The van der Waals surface area contributed by atoms with Crippen LogP contribution in [-0.4, -0.2) is 22.7 Å². The molecule has 0 fully saturated rings. The molecule has 0 aliphatic rings. The van der Waals surface area contributed by atoms with Gasteiger partial charge in [-0.05, 0) is 29.9 Å². The van der Waals surface area contributed by atoms with Crippen molar-refractivity contribution in [3.05, 3.63) is 76.2 Å². The fourth-order valence-electron chi connectivity index (χ4n) is 2.36. The minimum absolute atomic E-state index is 0.0460. The van der Waals surface area contributed by atoms with E-state index in [0.29, 0.717) is 18.1 Å². The topological polar surface area (TPSA) is 57.3 Å². The molecular weight excluding hydrogens is 343 g/mol. The Morgan fingerprint density at radius 2 is 2.04 bits per heavy atom. The van der Waals surface area contributed by atoms with Crippen molar-refractivity contribution in [1.82, 2.24) is 9.78 Å². The molecule has 0 saturated carbocycles. The summed E-state index contributed by atoms with van der Waals surface area (Å²) < 4.78 is 25.6. The molecule has 5 nitrogen and oxygen atoms in total. The van der Waals surface area contributed by atoms with E-state index in [4.69, 9.17) is 21.4 Å². The number of ether oxygens (including phenoxy) is 1. The summed E-state index contributed by atoms with van der Waals surface area (Å²) in [4.78, 5) is 12.4. The Kier molecular flexibility index (Phi) is 5.04. The number of benzene rings is 2. The summed E-state index contributed by atoms with van der Waals surface area (Å²) in [5.41, 5.74) is 0.966. The van der Waals surface area contributed by atoms with Gasteiger partial charge in [0.25, 0.3) is 4.84 Å². The zero-order chi connectivity index (χ0) is 17.8. The molecule has 0 spiro atoms. The molecule has 3 aromatic rings. The van der Waals surface area contributed by atoms with Crippen LogP contribution in [0.4, 0.5) is 4.39 Å². The Labute approximate surface area is 148 Å². The first-order valence-corrected chi connectivity index (χ1v) is 7.95. The van der Waals surface area contributed by atoms with Crippen LogP contribution in [-0.2, 0) is 13.0 Å². The lowest BCUT2D eigenvalue weighted by molar-refractivity contribution is 0.0962. The average molecular weight is 358 g/mol. The number of ketones is 1. The smallest absolute Gasteiger partial charge is 0.287 e. The summed E-state index contributed by atoms with van der Waals surface area (Å²) in [5.74, 6) is -0.351. The normalized spacial score (nSPS) is 10.6. The van der Waals surface area contributed by atoms with Crippen molar-refractivity contribution in [2.75, 3.05) is 7.11 Å². The number of nitrogens with zero attached hydrogens (tertiary/aromatic N) is 2. The molecule has 0 radical (unpaired) electrons. The Balaban J connectivity index is 1.77. The van der Waals surface area contributed by atoms with Crippen LogP contribution in [0.1, 0.15) is 21.8 Å². The standard InChI is InChI=1S/C18H15FN2O3S/c1-23-13-7-8-14(15(19)10-13)16(22)11-21-18(25)24-17(20-21)9-12-5-3-2-4-6-12/h2-8,10H,9,11H2,1H3. The monoisotopic (exact) mass is 358 g/mol. The van der Waals surface area contributed by atoms with Gasteiger partial charge in [-0.15, -0.1) is 5.10 Å². The van der Waals surface area contributed by atoms with Gasteiger partial charge in [-0.25, -0.2) is 9.07 Å². The van der Waals surface area contributed by atoms with Gasteiger partial charge < -0.3 is 9.15 Å². The highest BCUT2D eigenvalue weighted by Crippen LogP contribution is 2.17. The van der Waals surface area contributed by atoms with Crippen LogP contribution in [0.3, 0.4) is 0 Å². The average Bonchev–Trinajstić information content (AvgIpc) is 2.94. The summed E-state index contributed by atoms with van der Waals surface area (Å²) in [6, 6.07) is 13.7. The zero-order valence-corrected chi connectivity index (χ0v) is 14.3. The third kappa shape index (κ3) is 4.00. The van der Waals surface area contributed by atoms with Gasteiger partial charge in [0.1, 0.15) is 18.1 Å². The molecule has 0 amide bonds. The highest BCUT2D eigenvalue weighted by Gasteiger charge is 2.16. The largest absolute Gasteiger partial charge is 0.497 e. The minimum Gasteiger partial charge on any atom is -0.497 e. The Bertz CT molecular complexity index is 950. The zero-order valence-electron chi connectivity index (χ0n) is 13.4. The lowest BCUT2D eigenvalue weighted by Crippen LogP contribution is -2.13. The molecule has 2 aromatic carbocycles. The maximum atomic E-state index is 14.0. The van der Waals surface area contributed by atoms with Crippen molar-refractivity contribution in [1.29, 1.82) is 0 Å². The Morgan fingerprint density at radius 1 is 1.28 bits per heavy atom. The highest BCUT2D eigenvalue weighted by molar-refractivity contribution is 7.71. The third-order valence-electron chi connectivity index (χ3n) is 3.62. The number of carbonyl (C=O) groups excluding carboxylic acids is 1. The first-order chi connectivity index (χ1) is 12.1. The number of methoxy groups -OCH3 is 1. The highest BCUT2D eigenvalue weighted by atomic mass is 32.1. The Morgan fingerprint density at radius 3 is 2.72 bits per heavy atom. The fraction of sp³-hybridized carbons (Fsp3) is 0.167.